The van der Waals surface area contributed by atoms with Crippen LogP contribution in [0, 0.1) is 6.92 Å². The Bertz CT molecular complexity index is 640. The molecule has 0 aliphatic heterocycles. The molecule has 2 aromatic carbocycles. The fourth-order valence-electron chi connectivity index (χ4n) is 1.80. The largest absolute Gasteiger partial charge is 0.490 e. The lowest BCUT2D eigenvalue weighted by atomic mass is 10.2. The van der Waals surface area contributed by atoms with Gasteiger partial charge in [0.05, 0.1) is 0 Å². The topological polar surface area (TPSA) is 55.8 Å². The van der Waals surface area contributed by atoms with Crippen molar-refractivity contribution < 1.29 is 19.4 Å². The van der Waals surface area contributed by atoms with Crippen molar-refractivity contribution in [2.75, 3.05) is 13.2 Å². The zero-order valence-corrected chi connectivity index (χ0v) is 12.3. The van der Waals surface area contributed by atoms with E-state index in [-0.39, 0.29) is 12.2 Å². The number of carboxylic acid groups (broad SMARTS) is 1. The molecule has 0 saturated carbocycles. The van der Waals surface area contributed by atoms with Crippen LogP contribution < -0.4 is 9.47 Å². The predicted molar refractivity (Wildman–Crippen MR) is 80.6 cm³/mol. The maximum atomic E-state index is 11.0. The molecule has 2 rings (SSSR count). The van der Waals surface area contributed by atoms with Gasteiger partial charge in [0.25, 0.3) is 0 Å². The van der Waals surface area contributed by atoms with Crippen LogP contribution in [-0.2, 0) is 0 Å². The van der Waals surface area contributed by atoms with E-state index in [0.717, 1.165) is 5.56 Å². The number of benzene rings is 2. The number of hydrogen-bond acceptors (Lipinski definition) is 3. The van der Waals surface area contributed by atoms with Crippen molar-refractivity contribution in [3.63, 3.8) is 0 Å². The first-order chi connectivity index (χ1) is 10.1. The molecule has 0 aromatic heterocycles. The maximum absolute atomic E-state index is 11.0. The summed E-state index contributed by atoms with van der Waals surface area (Å²) in [5.74, 6) is 0.00578. The van der Waals surface area contributed by atoms with Gasteiger partial charge in [-0.05, 0) is 36.8 Å². The third-order valence-corrected chi connectivity index (χ3v) is 3.10. The molecule has 21 heavy (non-hydrogen) atoms. The van der Waals surface area contributed by atoms with Crippen LogP contribution in [0.25, 0.3) is 0 Å². The summed E-state index contributed by atoms with van der Waals surface area (Å²) in [6.45, 7) is 2.47. The lowest BCUT2D eigenvalue weighted by Crippen LogP contribution is -2.11. The Kier molecular flexibility index (Phi) is 5.06. The van der Waals surface area contributed by atoms with Gasteiger partial charge in [0.1, 0.15) is 30.3 Å². The summed E-state index contributed by atoms with van der Waals surface area (Å²) in [6.07, 6.45) is 0. The SMILES string of the molecule is Cc1ccc(Cl)cc1OCCOc1ccccc1C(=O)O. The number of ether oxygens (including phenoxy) is 2. The minimum Gasteiger partial charge on any atom is -0.490 e. The van der Waals surface area contributed by atoms with Crippen LogP contribution in [0.1, 0.15) is 15.9 Å². The molecule has 0 heterocycles. The highest BCUT2D eigenvalue weighted by Crippen LogP contribution is 2.22. The monoisotopic (exact) mass is 306 g/mol. The van der Waals surface area contributed by atoms with Gasteiger partial charge in [-0.2, -0.15) is 0 Å². The molecule has 2 aromatic rings. The van der Waals surface area contributed by atoms with Crippen LogP contribution in [0.5, 0.6) is 11.5 Å². The van der Waals surface area contributed by atoms with Crippen LogP contribution in [0.15, 0.2) is 42.5 Å². The third-order valence-electron chi connectivity index (χ3n) is 2.87. The zero-order valence-electron chi connectivity index (χ0n) is 11.5. The first-order valence-electron chi connectivity index (χ1n) is 6.42. The van der Waals surface area contributed by atoms with E-state index < -0.39 is 5.97 Å². The molecule has 0 radical (unpaired) electrons. The van der Waals surface area contributed by atoms with Crippen molar-refractivity contribution in [1.82, 2.24) is 0 Å². The molecule has 0 saturated heterocycles. The van der Waals surface area contributed by atoms with Crippen molar-refractivity contribution in [2.24, 2.45) is 0 Å². The van der Waals surface area contributed by atoms with Crippen molar-refractivity contribution in [3.8, 4) is 11.5 Å². The van der Waals surface area contributed by atoms with Gasteiger partial charge in [-0.1, -0.05) is 29.8 Å². The van der Waals surface area contributed by atoms with Gasteiger partial charge in [-0.3, -0.25) is 0 Å². The molecular weight excluding hydrogens is 292 g/mol. The Labute approximate surface area is 127 Å². The fraction of sp³-hybridized carbons (Fsp3) is 0.188. The highest BCUT2D eigenvalue weighted by molar-refractivity contribution is 6.30. The molecule has 0 aliphatic carbocycles. The van der Waals surface area contributed by atoms with Gasteiger partial charge < -0.3 is 14.6 Å². The molecule has 0 fully saturated rings. The molecule has 4 nitrogen and oxygen atoms in total. The normalized spacial score (nSPS) is 10.2. The van der Waals surface area contributed by atoms with E-state index in [0.29, 0.717) is 23.1 Å². The number of rotatable bonds is 6. The molecule has 5 heteroatoms. The number of carbonyl (C=O) groups is 1. The zero-order chi connectivity index (χ0) is 15.2. The summed E-state index contributed by atoms with van der Waals surface area (Å²) in [4.78, 5) is 11.0. The summed E-state index contributed by atoms with van der Waals surface area (Å²) < 4.78 is 11.0. The van der Waals surface area contributed by atoms with Gasteiger partial charge in [0.15, 0.2) is 0 Å². The van der Waals surface area contributed by atoms with E-state index in [9.17, 15) is 4.79 Å². The van der Waals surface area contributed by atoms with Gasteiger partial charge in [-0.15, -0.1) is 0 Å². The molecule has 0 spiro atoms. The Morgan fingerprint density at radius 1 is 1.10 bits per heavy atom. The summed E-state index contributed by atoms with van der Waals surface area (Å²) in [7, 11) is 0. The van der Waals surface area contributed by atoms with E-state index >= 15 is 0 Å². The van der Waals surface area contributed by atoms with Gasteiger partial charge in [0, 0.05) is 5.02 Å². The van der Waals surface area contributed by atoms with Crippen LogP contribution in [0.2, 0.25) is 5.02 Å². The first kappa shape index (κ1) is 15.2. The van der Waals surface area contributed by atoms with Crippen LogP contribution in [0.4, 0.5) is 0 Å². The average Bonchev–Trinajstić information content (AvgIpc) is 2.47. The standard InChI is InChI=1S/C16H15ClO4/c1-11-6-7-12(17)10-15(11)21-9-8-20-14-5-3-2-4-13(14)16(18)19/h2-7,10H,8-9H2,1H3,(H,18,19). The summed E-state index contributed by atoms with van der Waals surface area (Å²) >= 11 is 5.90. The second-order valence-electron chi connectivity index (χ2n) is 4.41. The van der Waals surface area contributed by atoms with Crippen molar-refractivity contribution in [1.29, 1.82) is 0 Å². The van der Waals surface area contributed by atoms with Crippen LogP contribution >= 0.6 is 11.6 Å². The summed E-state index contributed by atoms with van der Waals surface area (Å²) in [5.41, 5.74) is 1.11. The molecule has 110 valence electrons. The second-order valence-corrected chi connectivity index (χ2v) is 4.84. The molecule has 0 bridgehead atoms. The van der Waals surface area contributed by atoms with Gasteiger partial charge >= 0.3 is 5.97 Å². The molecule has 0 unspecified atom stereocenters. The summed E-state index contributed by atoms with van der Waals surface area (Å²) in [6, 6.07) is 11.9. The second kappa shape index (κ2) is 6.99. The van der Waals surface area contributed by atoms with Gasteiger partial charge in [-0.25, -0.2) is 4.79 Å². The van der Waals surface area contributed by atoms with Crippen LogP contribution in [-0.4, -0.2) is 24.3 Å². The van der Waals surface area contributed by atoms with Crippen molar-refractivity contribution in [3.05, 3.63) is 58.6 Å². The first-order valence-corrected chi connectivity index (χ1v) is 6.80. The molecule has 0 aliphatic rings. The highest BCUT2D eigenvalue weighted by atomic mass is 35.5. The number of aromatic carboxylic acids is 1. The van der Waals surface area contributed by atoms with Gasteiger partial charge in [0.2, 0.25) is 0 Å². The fourth-order valence-corrected chi connectivity index (χ4v) is 1.96. The highest BCUT2D eigenvalue weighted by Gasteiger charge is 2.09. The smallest absolute Gasteiger partial charge is 0.339 e. The quantitative estimate of drug-likeness (QED) is 0.825. The maximum Gasteiger partial charge on any atom is 0.339 e. The van der Waals surface area contributed by atoms with E-state index in [1.54, 1.807) is 30.3 Å². The number of hydrogen-bond donors (Lipinski definition) is 1. The Hall–Kier alpha value is -2.20. The number of carboxylic acids is 1. The lowest BCUT2D eigenvalue weighted by molar-refractivity contribution is 0.0691. The van der Waals surface area contributed by atoms with E-state index in [2.05, 4.69) is 0 Å². The van der Waals surface area contributed by atoms with E-state index in [4.69, 9.17) is 26.2 Å². The Balaban J connectivity index is 1.91. The van der Waals surface area contributed by atoms with E-state index in [1.165, 1.54) is 6.07 Å². The van der Waals surface area contributed by atoms with E-state index in [1.807, 2.05) is 13.0 Å². The number of halogens is 1. The third kappa shape index (κ3) is 4.13. The van der Waals surface area contributed by atoms with Crippen LogP contribution in [0.3, 0.4) is 0 Å². The summed E-state index contributed by atoms with van der Waals surface area (Å²) in [5, 5.41) is 9.65. The molecule has 0 amide bonds. The van der Waals surface area contributed by atoms with Crippen molar-refractivity contribution in [2.45, 2.75) is 6.92 Å². The molecule has 1 N–H and O–H groups in total. The minimum atomic E-state index is -1.02. The molecule has 0 atom stereocenters. The predicted octanol–water partition coefficient (Wildman–Crippen LogP) is 3.80. The lowest BCUT2D eigenvalue weighted by Gasteiger charge is -2.11. The average molecular weight is 307 g/mol. The number of para-hydroxylation sites is 1. The number of aryl methyl sites for hydroxylation is 1. The Morgan fingerprint density at radius 3 is 2.48 bits per heavy atom. The minimum absolute atomic E-state index is 0.136. The Morgan fingerprint density at radius 2 is 1.76 bits per heavy atom. The van der Waals surface area contributed by atoms with Crippen molar-refractivity contribution >= 4 is 17.6 Å². The molecular formula is C16H15ClO4.